The lowest BCUT2D eigenvalue weighted by Crippen LogP contribution is -2.00. The first-order valence-corrected chi connectivity index (χ1v) is 5.79. The molecule has 0 atom stereocenters. The molecule has 0 aliphatic heterocycles. The average Bonchev–Trinajstić information content (AvgIpc) is 2.82. The Labute approximate surface area is 107 Å². The highest BCUT2D eigenvalue weighted by atomic mass is 32.1. The normalized spacial score (nSPS) is 10.7. The van der Waals surface area contributed by atoms with Gasteiger partial charge in [-0.15, -0.1) is 4.37 Å². The highest BCUT2D eigenvalue weighted by Gasteiger charge is 2.03. The lowest BCUT2D eigenvalue weighted by atomic mass is 10.1. The van der Waals surface area contributed by atoms with Crippen molar-refractivity contribution >= 4 is 29.7 Å². The van der Waals surface area contributed by atoms with E-state index >= 15 is 0 Å². The van der Waals surface area contributed by atoms with Crippen LogP contribution in [0.25, 0.3) is 12.2 Å². The largest absolute Gasteiger partial charge is 0.465 e. The summed E-state index contributed by atoms with van der Waals surface area (Å²) in [6, 6.07) is 6.83. The molecule has 0 saturated heterocycles. The number of nitrogens with zero attached hydrogens (tertiary/aromatic N) is 1. The van der Waals surface area contributed by atoms with Gasteiger partial charge < -0.3 is 9.15 Å². The Balaban J connectivity index is 2.13. The molecule has 2 aromatic rings. The number of carbonyl (C=O) groups is 1. The fraction of sp³-hybridized carbons (Fsp3) is 0.0833. The maximum absolute atomic E-state index is 11.2. The Bertz CT molecular complexity index is 624. The molecule has 18 heavy (non-hydrogen) atoms. The number of ether oxygens (including phenoxy) is 1. The minimum atomic E-state index is -0.435. The van der Waals surface area contributed by atoms with E-state index in [1.165, 1.54) is 7.11 Å². The van der Waals surface area contributed by atoms with Gasteiger partial charge in [0.2, 0.25) is 5.89 Å². The van der Waals surface area contributed by atoms with E-state index in [0.29, 0.717) is 5.56 Å². The topological polar surface area (TPSA) is 69.4 Å². The lowest BCUT2D eigenvalue weighted by molar-refractivity contribution is 0.0601. The van der Waals surface area contributed by atoms with E-state index in [1.54, 1.807) is 36.4 Å². The predicted molar refractivity (Wildman–Crippen MR) is 67.4 cm³/mol. The SMILES string of the molecule is COC(=O)c1ccc(/C=C/c2nsc(=O)o2)cc1. The highest BCUT2D eigenvalue weighted by Crippen LogP contribution is 2.09. The number of esters is 1. The second-order valence-corrected chi connectivity index (χ2v) is 4.02. The summed E-state index contributed by atoms with van der Waals surface area (Å²) in [6.45, 7) is 0. The van der Waals surface area contributed by atoms with E-state index in [2.05, 4.69) is 9.11 Å². The Morgan fingerprint density at radius 3 is 2.61 bits per heavy atom. The predicted octanol–water partition coefficient (Wildman–Crippen LogP) is 2.05. The van der Waals surface area contributed by atoms with Gasteiger partial charge in [-0.05, 0) is 23.8 Å². The summed E-state index contributed by atoms with van der Waals surface area (Å²) >= 11 is 0.764. The van der Waals surface area contributed by atoms with Gasteiger partial charge in [0.25, 0.3) is 0 Å². The van der Waals surface area contributed by atoms with Gasteiger partial charge in [0.05, 0.1) is 24.2 Å². The summed E-state index contributed by atoms with van der Waals surface area (Å²) < 4.78 is 13.2. The summed E-state index contributed by atoms with van der Waals surface area (Å²) in [4.78, 5) is 21.5. The van der Waals surface area contributed by atoms with Gasteiger partial charge in [-0.3, -0.25) is 0 Å². The number of methoxy groups -OCH3 is 1. The lowest BCUT2D eigenvalue weighted by Gasteiger charge is -1.98. The van der Waals surface area contributed by atoms with Crippen LogP contribution in [0.5, 0.6) is 0 Å². The zero-order valence-electron chi connectivity index (χ0n) is 9.45. The van der Waals surface area contributed by atoms with Crippen LogP contribution in [0.2, 0.25) is 0 Å². The monoisotopic (exact) mass is 263 g/mol. The second kappa shape index (κ2) is 5.42. The van der Waals surface area contributed by atoms with E-state index in [1.807, 2.05) is 0 Å². The van der Waals surface area contributed by atoms with Crippen molar-refractivity contribution in [3.8, 4) is 0 Å². The van der Waals surface area contributed by atoms with Crippen LogP contribution >= 0.6 is 11.5 Å². The number of hydrogen-bond donors (Lipinski definition) is 0. The van der Waals surface area contributed by atoms with Crippen LogP contribution in [0.4, 0.5) is 0 Å². The molecule has 0 N–H and O–H groups in total. The van der Waals surface area contributed by atoms with Crippen molar-refractivity contribution in [1.82, 2.24) is 4.37 Å². The fourth-order valence-electron chi connectivity index (χ4n) is 1.29. The van der Waals surface area contributed by atoms with Crippen LogP contribution in [0.1, 0.15) is 21.8 Å². The van der Waals surface area contributed by atoms with Crippen molar-refractivity contribution in [2.75, 3.05) is 7.11 Å². The van der Waals surface area contributed by atoms with Gasteiger partial charge in [0, 0.05) is 6.08 Å². The van der Waals surface area contributed by atoms with E-state index < -0.39 is 4.94 Å². The summed E-state index contributed by atoms with van der Waals surface area (Å²) in [5, 5.41) is 0. The summed E-state index contributed by atoms with van der Waals surface area (Å²) in [7, 11) is 1.33. The summed E-state index contributed by atoms with van der Waals surface area (Å²) in [5.41, 5.74) is 1.34. The van der Waals surface area contributed by atoms with Crippen molar-refractivity contribution in [2.45, 2.75) is 0 Å². The van der Waals surface area contributed by atoms with Crippen molar-refractivity contribution in [3.63, 3.8) is 0 Å². The number of hydrogen-bond acceptors (Lipinski definition) is 6. The quantitative estimate of drug-likeness (QED) is 0.793. The van der Waals surface area contributed by atoms with Crippen LogP contribution in [0, 0.1) is 0 Å². The van der Waals surface area contributed by atoms with Crippen LogP contribution in [-0.2, 0) is 4.74 Å². The van der Waals surface area contributed by atoms with Gasteiger partial charge in [-0.2, -0.15) is 0 Å². The average molecular weight is 263 g/mol. The number of rotatable bonds is 3. The Morgan fingerprint density at radius 2 is 2.06 bits per heavy atom. The van der Waals surface area contributed by atoms with E-state index in [0.717, 1.165) is 17.1 Å². The molecule has 0 aliphatic rings. The molecule has 2 rings (SSSR count). The molecule has 1 aromatic carbocycles. The molecule has 0 spiro atoms. The van der Waals surface area contributed by atoms with Gasteiger partial charge in [0.15, 0.2) is 0 Å². The maximum Gasteiger partial charge on any atom is 0.414 e. The number of aromatic nitrogens is 1. The fourth-order valence-corrected chi connectivity index (χ4v) is 1.67. The molecule has 5 nitrogen and oxygen atoms in total. The van der Waals surface area contributed by atoms with Crippen molar-refractivity contribution < 1.29 is 13.9 Å². The third kappa shape index (κ3) is 2.92. The minimum absolute atomic E-state index is 0.266. The zero-order chi connectivity index (χ0) is 13.0. The van der Waals surface area contributed by atoms with Crippen molar-refractivity contribution in [2.24, 2.45) is 0 Å². The molecule has 0 aliphatic carbocycles. The van der Waals surface area contributed by atoms with Gasteiger partial charge >= 0.3 is 10.9 Å². The first-order valence-electron chi connectivity index (χ1n) is 5.02. The molecule has 0 saturated carbocycles. The van der Waals surface area contributed by atoms with Crippen LogP contribution in [0.3, 0.4) is 0 Å². The zero-order valence-corrected chi connectivity index (χ0v) is 10.3. The van der Waals surface area contributed by atoms with Crippen LogP contribution < -0.4 is 4.94 Å². The molecule has 0 bridgehead atoms. The molecule has 0 unspecified atom stereocenters. The Morgan fingerprint density at radius 1 is 1.33 bits per heavy atom. The second-order valence-electron chi connectivity index (χ2n) is 3.32. The Hall–Kier alpha value is -2.21. The molecular weight excluding hydrogens is 254 g/mol. The van der Waals surface area contributed by atoms with E-state index in [-0.39, 0.29) is 11.9 Å². The molecule has 1 heterocycles. The summed E-state index contributed by atoms with van der Waals surface area (Å²) in [6.07, 6.45) is 3.32. The van der Waals surface area contributed by atoms with Gasteiger partial charge in [0.1, 0.15) is 0 Å². The van der Waals surface area contributed by atoms with Gasteiger partial charge in [-0.25, -0.2) is 9.59 Å². The van der Waals surface area contributed by atoms with Gasteiger partial charge in [-0.1, -0.05) is 12.1 Å². The number of carbonyl (C=O) groups excluding carboxylic acids is 1. The maximum atomic E-state index is 11.2. The third-order valence-electron chi connectivity index (χ3n) is 2.15. The van der Waals surface area contributed by atoms with Crippen LogP contribution in [0.15, 0.2) is 33.5 Å². The van der Waals surface area contributed by atoms with Crippen molar-refractivity contribution in [3.05, 3.63) is 51.0 Å². The Kier molecular flexibility index (Phi) is 3.69. The number of benzene rings is 1. The summed E-state index contributed by atoms with van der Waals surface area (Å²) in [5.74, 6) is -0.113. The van der Waals surface area contributed by atoms with Crippen LogP contribution in [-0.4, -0.2) is 17.5 Å². The first kappa shape index (κ1) is 12.3. The smallest absolute Gasteiger partial charge is 0.414 e. The minimum Gasteiger partial charge on any atom is -0.465 e. The molecule has 6 heteroatoms. The molecule has 92 valence electrons. The third-order valence-corrected chi connectivity index (χ3v) is 2.65. The molecule has 0 amide bonds. The molecule has 1 aromatic heterocycles. The first-order chi connectivity index (χ1) is 8.69. The van der Waals surface area contributed by atoms with Crippen molar-refractivity contribution in [1.29, 1.82) is 0 Å². The molecular formula is C12H9NO4S. The standard InChI is InChI=1S/C12H9NO4S/c1-16-11(14)9-5-2-8(3-6-9)4-7-10-13-18-12(15)17-10/h2-7H,1H3/b7-4+. The molecule has 0 fully saturated rings. The highest BCUT2D eigenvalue weighted by molar-refractivity contribution is 7.02. The van der Waals surface area contributed by atoms with E-state index in [9.17, 15) is 9.59 Å². The molecule has 0 radical (unpaired) electrons. The van der Waals surface area contributed by atoms with E-state index in [4.69, 9.17) is 4.42 Å².